The zero-order valence-electron chi connectivity index (χ0n) is 8.67. The van der Waals surface area contributed by atoms with E-state index in [4.69, 9.17) is 0 Å². The topological polar surface area (TPSA) is 24.9 Å². The van der Waals surface area contributed by atoms with Gasteiger partial charge in [0.15, 0.2) is 0 Å². The molecule has 1 aromatic heterocycles. The van der Waals surface area contributed by atoms with Gasteiger partial charge in [-0.2, -0.15) is 0 Å². The van der Waals surface area contributed by atoms with Gasteiger partial charge in [0.1, 0.15) is 0 Å². The van der Waals surface area contributed by atoms with Gasteiger partial charge in [-0.25, -0.2) is 0 Å². The fourth-order valence-corrected chi connectivity index (χ4v) is 0.969. The van der Waals surface area contributed by atoms with Crippen molar-refractivity contribution in [1.82, 2.24) is 10.3 Å². The van der Waals surface area contributed by atoms with E-state index >= 15 is 0 Å². The molecule has 0 aromatic carbocycles. The Morgan fingerprint density at radius 2 is 2.23 bits per heavy atom. The highest BCUT2D eigenvalue weighted by molar-refractivity contribution is 5.08. The summed E-state index contributed by atoms with van der Waals surface area (Å²) in [5.41, 5.74) is 1.46. The fraction of sp³-hybridized carbons (Fsp3) is 0.545. The highest BCUT2D eigenvalue weighted by Crippen LogP contribution is 2.08. The maximum absolute atomic E-state index is 4.07. The van der Waals surface area contributed by atoms with E-state index in [1.54, 1.807) is 6.20 Å². The molecule has 1 rings (SSSR count). The molecule has 0 aliphatic carbocycles. The second-order valence-corrected chi connectivity index (χ2v) is 3.95. The maximum Gasteiger partial charge on any atom is 0.0312 e. The van der Waals surface area contributed by atoms with Gasteiger partial charge in [0.05, 0.1) is 0 Å². The Morgan fingerprint density at radius 1 is 1.46 bits per heavy atom. The second-order valence-electron chi connectivity index (χ2n) is 3.95. The van der Waals surface area contributed by atoms with E-state index in [9.17, 15) is 0 Å². The van der Waals surface area contributed by atoms with Crippen molar-refractivity contribution in [2.45, 2.75) is 39.3 Å². The van der Waals surface area contributed by atoms with Crippen LogP contribution in [0.1, 0.15) is 32.8 Å². The Hall–Kier alpha value is -0.890. The zero-order chi connectivity index (χ0) is 9.73. The van der Waals surface area contributed by atoms with Gasteiger partial charge in [0, 0.05) is 24.5 Å². The summed E-state index contributed by atoms with van der Waals surface area (Å²) >= 11 is 0. The van der Waals surface area contributed by atoms with Gasteiger partial charge in [0.25, 0.3) is 0 Å². The maximum atomic E-state index is 4.07. The van der Waals surface area contributed by atoms with Crippen LogP contribution in [0.5, 0.6) is 0 Å². The minimum atomic E-state index is 0.218. The number of hydrogen-bond donors (Lipinski definition) is 1. The summed E-state index contributed by atoms with van der Waals surface area (Å²) < 4.78 is 0. The molecule has 0 bridgehead atoms. The third-order valence-electron chi connectivity index (χ3n) is 2.38. The molecule has 2 nitrogen and oxygen atoms in total. The number of hydrogen-bond acceptors (Lipinski definition) is 2. The molecule has 72 valence electrons. The largest absolute Gasteiger partial charge is 0.308 e. The van der Waals surface area contributed by atoms with Crippen molar-refractivity contribution >= 4 is 0 Å². The monoisotopic (exact) mass is 178 g/mol. The van der Waals surface area contributed by atoms with Crippen molar-refractivity contribution in [3.8, 4) is 0 Å². The van der Waals surface area contributed by atoms with Gasteiger partial charge in [0.2, 0.25) is 0 Å². The summed E-state index contributed by atoms with van der Waals surface area (Å²) in [4.78, 5) is 4.07. The lowest BCUT2D eigenvalue weighted by atomic mass is 10.0. The SMILES string of the molecule is CCC(C)(C)NCc1cccnc1. The smallest absolute Gasteiger partial charge is 0.0312 e. The quantitative estimate of drug-likeness (QED) is 0.765. The Kier molecular flexibility index (Phi) is 3.43. The number of pyridine rings is 1. The molecule has 0 spiro atoms. The molecular formula is C11H18N2. The number of nitrogens with one attached hydrogen (secondary N) is 1. The van der Waals surface area contributed by atoms with Gasteiger partial charge in [-0.05, 0) is 31.9 Å². The van der Waals surface area contributed by atoms with Gasteiger partial charge in [-0.15, -0.1) is 0 Å². The third-order valence-corrected chi connectivity index (χ3v) is 2.38. The van der Waals surface area contributed by atoms with Crippen LogP contribution in [0.25, 0.3) is 0 Å². The molecule has 1 N–H and O–H groups in total. The molecule has 0 aliphatic rings. The van der Waals surface area contributed by atoms with Crippen LogP contribution in [0, 0.1) is 0 Å². The van der Waals surface area contributed by atoms with Crippen LogP contribution in [0.15, 0.2) is 24.5 Å². The van der Waals surface area contributed by atoms with E-state index < -0.39 is 0 Å². The van der Waals surface area contributed by atoms with Crippen LogP contribution < -0.4 is 5.32 Å². The van der Waals surface area contributed by atoms with Crippen LogP contribution >= 0.6 is 0 Å². The number of nitrogens with zero attached hydrogens (tertiary/aromatic N) is 1. The average molecular weight is 178 g/mol. The molecule has 0 aliphatic heterocycles. The number of aromatic nitrogens is 1. The lowest BCUT2D eigenvalue weighted by Crippen LogP contribution is -2.37. The first kappa shape index (κ1) is 10.2. The van der Waals surface area contributed by atoms with Crippen molar-refractivity contribution in [3.63, 3.8) is 0 Å². The molecule has 2 heteroatoms. The van der Waals surface area contributed by atoms with E-state index in [2.05, 4.69) is 37.1 Å². The molecule has 0 unspecified atom stereocenters. The molecular weight excluding hydrogens is 160 g/mol. The highest BCUT2D eigenvalue weighted by Gasteiger charge is 2.12. The molecule has 0 atom stereocenters. The molecule has 13 heavy (non-hydrogen) atoms. The van der Waals surface area contributed by atoms with Crippen molar-refractivity contribution in [1.29, 1.82) is 0 Å². The molecule has 0 saturated heterocycles. The van der Waals surface area contributed by atoms with Gasteiger partial charge in [-0.3, -0.25) is 4.98 Å². The predicted octanol–water partition coefficient (Wildman–Crippen LogP) is 2.36. The predicted molar refractivity (Wildman–Crippen MR) is 55.4 cm³/mol. The van der Waals surface area contributed by atoms with Gasteiger partial charge >= 0.3 is 0 Å². The van der Waals surface area contributed by atoms with E-state index in [1.807, 2.05) is 12.3 Å². The molecule has 1 heterocycles. The summed E-state index contributed by atoms with van der Waals surface area (Å²) in [5.74, 6) is 0. The normalized spacial score (nSPS) is 11.6. The Labute approximate surface area is 80.4 Å². The van der Waals surface area contributed by atoms with Crippen LogP contribution in [-0.2, 0) is 6.54 Å². The fourth-order valence-electron chi connectivity index (χ4n) is 0.969. The summed E-state index contributed by atoms with van der Waals surface area (Å²) in [7, 11) is 0. The minimum Gasteiger partial charge on any atom is -0.308 e. The first-order valence-electron chi connectivity index (χ1n) is 4.78. The van der Waals surface area contributed by atoms with Crippen LogP contribution in [0.3, 0.4) is 0 Å². The molecule has 0 radical (unpaired) electrons. The first-order chi connectivity index (χ1) is 6.14. The van der Waals surface area contributed by atoms with E-state index in [-0.39, 0.29) is 5.54 Å². The molecule has 1 aromatic rings. The average Bonchev–Trinajstić information content (AvgIpc) is 2.17. The van der Waals surface area contributed by atoms with Crippen molar-refractivity contribution in [3.05, 3.63) is 30.1 Å². The standard InChI is InChI=1S/C11H18N2/c1-4-11(2,3)13-9-10-6-5-7-12-8-10/h5-8,13H,4,9H2,1-3H3. The molecule has 0 amide bonds. The Balaban J connectivity index is 2.44. The van der Waals surface area contributed by atoms with Gasteiger partial charge < -0.3 is 5.32 Å². The number of rotatable bonds is 4. The zero-order valence-corrected chi connectivity index (χ0v) is 8.67. The van der Waals surface area contributed by atoms with E-state index in [1.165, 1.54) is 5.56 Å². The van der Waals surface area contributed by atoms with Crippen molar-refractivity contribution < 1.29 is 0 Å². The molecule has 0 fully saturated rings. The van der Waals surface area contributed by atoms with E-state index in [0.717, 1.165) is 13.0 Å². The minimum absolute atomic E-state index is 0.218. The van der Waals surface area contributed by atoms with E-state index in [0.29, 0.717) is 0 Å². The lowest BCUT2D eigenvalue weighted by Gasteiger charge is -2.24. The summed E-state index contributed by atoms with van der Waals surface area (Å²) in [6, 6.07) is 4.06. The highest BCUT2D eigenvalue weighted by atomic mass is 14.9. The third kappa shape index (κ3) is 3.55. The van der Waals surface area contributed by atoms with Crippen LogP contribution in [-0.4, -0.2) is 10.5 Å². The lowest BCUT2D eigenvalue weighted by molar-refractivity contribution is 0.374. The molecule has 0 saturated carbocycles. The van der Waals surface area contributed by atoms with Crippen LogP contribution in [0.2, 0.25) is 0 Å². The van der Waals surface area contributed by atoms with Gasteiger partial charge in [-0.1, -0.05) is 13.0 Å². The first-order valence-corrected chi connectivity index (χ1v) is 4.78. The van der Waals surface area contributed by atoms with Crippen molar-refractivity contribution in [2.24, 2.45) is 0 Å². The Bertz CT molecular complexity index is 242. The summed E-state index contributed by atoms with van der Waals surface area (Å²) in [5, 5.41) is 3.48. The Morgan fingerprint density at radius 3 is 2.77 bits per heavy atom. The van der Waals surface area contributed by atoms with Crippen molar-refractivity contribution in [2.75, 3.05) is 0 Å². The summed E-state index contributed by atoms with van der Waals surface area (Å²) in [6.45, 7) is 7.51. The van der Waals surface area contributed by atoms with Crippen LogP contribution in [0.4, 0.5) is 0 Å². The second kappa shape index (κ2) is 4.38. The summed E-state index contributed by atoms with van der Waals surface area (Å²) in [6.07, 6.45) is 4.83.